The van der Waals surface area contributed by atoms with Crippen molar-refractivity contribution in [3.8, 4) is 0 Å². The predicted octanol–water partition coefficient (Wildman–Crippen LogP) is 3.69. The molecule has 2 nitrogen and oxygen atoms in total. The minimum Gasteiger partial charge on any atom is -0.339 e. The summed E-state index contributed by atoms with van der Waals surface area (Å²) >= 11 is 0. The Hall–Kier alpha value is -1.05. The van der Waals surface area contributed by atoms with Gasteiger partial charge in [-0.25, -0.2) is 0 Å². The molecule has 0 N–H and O–H groups in total. The maximum absolute atomic E-state index is 11.9. The number of nitrogens with zero attached hydrogens (tertiary/aromatic N) is 1. The lowest BCUT2D eigenvalue weighted by Crippen LogP contribution is -2.43. The van der Waals surface area contributed by atoms with Crippen LogP contribution in [0.15, 0.2) is 24.3 Å². The van der Waals surface area contributed by atoms with Crippen molar-refractivity contribution in [2.45, 2.75) is 51.9 Å². The molecule has 0 radical (unpaired) electrons. The van der Waals surface area contributed by atoms with Crippen molar-refractivity contribution in [3.63, 3.8) is 0 Å². The average molecular weight is 247 g/mol. The van der Waals surface area contributed by atoms with Gasteiger partial charge in [-0.2, -0.15) is 0 Å². The van der Waals surface area contributed by atoms with Gasteiger partial charge in [0.1, 0.15) is 0 Å². The van der Waals surface area contributed by atoms with Gasteiger partial charge in [-0.15, -0.1) is 0 Å². The summed E-state index contributed by atoms with van der Waals surface area (Å²) < 4.78 is 0. The molecule has 1 spiro atoms. The molecule has 0 unspecified atom stereocenters. The quantitative estimate of drug-likeness (QED) is 0.538. The second kappa shape index (κ2) is 6.21. The van der Waals surface area contributed by atoms with Gasteiger partial charge in [0.2, 0.25) is 5.91 Å². The fourth-order valence-electron chi connectivity index (χ4n) is 3.36. The van der Waals surface area contributed by atoms with Gasteiger partial charge >= 0.3 is 0 Å². The van der Waals surface area contributed by atoms with Crippen molar-refractivity contribution in [1.29, 1.82) is 0 Å². The molecule has 1 amide bonds. The summed E-state index contributed by atoms with van der Waals surface area (Å²) in [5, 5.41) is 0. The van der Waals surface area contributed by atoms with Gasteiger partial charge in [-0.05, 0) is 38.0 Å². The van der Waals surface area contributed by atoms with Crippen LogP contribution in [0.1, 0.15) is 51.9 Å². The first-order valence-corrected chi connectivity index (χ1v) is 7.34. The van der Waals surface area contributed by atoms with Crippen LogP contribution in [0.5, 0.6) is 0 Å². The number of hydrogen-bond donors (Lipinski definition) is 0. The van der Waals surface area contributed by atoms with E-state index < -0.39 is 0 Å². The lowest BCUT2D eigenvalue weighted by molar-refractivity contribution is -0.128. The first kappa shape index (κ1) is 13.4. The summed E-state index contributed by atoms with van der Waals surface area (Å²) in [6.07, 6.45) is 16.8. The molecular weight excluding hydrogens is 222 g/mol. The molecule has 1 aliphatic carbocycles. The van der Waals surface area contributed by atoms with Gasteiger partial charge in [0.25, 0.3) is 0 Å². The standard InChI is InChI=1S/C16H25NO/c1-2-3-5-8-15(18)17-13-11-16(12-14-17)9-6-4-7-10-16/h2-3,5,8H,4,6-7,9-14H2,1H3/b3-2+,8-5+. The average Bonchev–Trinajstić information content (AvgIpc) is 2.41. The third-order valence-corrected chi connectivity index (χ3v) is 4.59. The Morgan fingerprint density at radius 2 is 1.67 bits per heavy atom. The van der Waals surface area contributed by atoms with Gasteiger partial charge in [0, 0.05) is 19.2 Å². The third-order valence-electron chi connectivity index (χ3n) is 4.59. The summed E-state index contributed by atoms with van der Waals surface area (Å²) in [6.45, 7) is 3.88. The SMILES string of the molecule is C/C=C/C=C/C(=O)N1CCC2(CCCCC2)CC1. The molecule has 1 heterocycles. The fourth-order valence-corrected chi connectivity index (χ4v) is 3.36. The fraction of sp³-hybridized carbons (Fsp3) is 0.688. The number of likely N-dealkylation sites (tertiary alicyclic amines) is 1. The van der Waals surface area contributed by atoms with Crippen LogP contribution in [0.3, 0.4) is 0 Å². The zero-order valence-electron chi connectivity index (χ0n) is 11.5. The van der Waals surface area contributed by atoms with E-state index in [1.54, 1.807) is 6.08 Å². The number of carbonyl (C=O) groups is 1. The van der Waals surface area contributed by atoms with E-state index in [1.165, 1.54) is 44.9 Å². The first-order valence-electron chi connectivity index (χ1n) is 7.34. The monoisotopic (exact) mass is 247 g/mol. The van der Waals surface area contributed by atoms with Gasteiger partial charge < -0.3 is 4.90 Å². The Morgan fingerprint density at radius 3 is 2.28 bits per heavy atom. The van der Waals surface area contributed by atoms with Crippen molar-refractivity contribution in [2.75, 3.05) is 13.1 Å². The van der Waals surface area contributed by atoms with Crippen molar-refractivity contribution < 1.29 is 4.79 Å². The Kier molecular flexibility index (Phi) is 4.62. The Morgan fingerprint density at radius 1 is 1.00 bits per heavy atom. The number of hydrogen-bond acceptors (Lipinski definition) is 1. The molecule has 0 aromatic carbocycles. The van der Waals surface area contributed by atoms with Crippen LogP contribution < -0.4 is 0 Å². The van der Waals surface area contributed by atoms with E-state index in [0.29, 0.717) is 5.41 Å². The molecule has 2 fully saturated rings. The molecule has 2 rings (SSSR count). The van der Waals surface area contributed by atoms with E-state index in [9.17, 15) is 4.79 Å². The number of allylic oxidation sites excluding steroid dienone is 3. The number of rotatable bonds is 2. The molecule has 0 bridgehead atoms. The van der Waals surface area contributed by atoms with Crippen molar-refractivity contribution in [1.82, 2.24) is 4.90 Å². The molecule has 1 saturated carbocycles. The van der Waals surface area contributed by atoms with E-state index in [0.717, 1.165) is 13.1 Å². The number of piperidine rings is 1. The topological polar surface area (TPSA) is 20.3 Å². The highest BCUT2D eigenvalue weighted by molar-refractivity contribution is 5.87. The number of carbonyl (C=O) groups excluding carboxylic acids is 1. The Bertz CT molecular complexity index is 327. The summed E-state index contributed by atoms with van der Waals surface area (Å²) in [6, 6.07) is 0. The van der Waals surface area contributed by atoms with Crippen molar-refractivity contribution >= 4 is 5.91 Å². The van der Waals surface area contributed by atoms with Crippen LogP contribution in [0.2, 0.25) is 0 Å². The summed E-state index contributed by atoms with van der Waals surface area (Å²) in [7, 11) is 0. The Balaban J connectivity index is 1.84. The third kappa shape index (κ3) is 3.24. The second-order valence-corrected chi connectivity index (χ2v) is 5.77. The van der Waals surface area contributed by atoms with E-state index in [4.69, 9.17) is 0 Å². The van der Waals surface area contributed by atoms with E-state index in [2.05, 4.69) is 0 Å². The molecule has 1 aliphatic heterocycles. The summed E-state index contributed by atoms with van der Waals surface area (Å²) in [4.78, 5) is 14.0. The Labute approximate surface area is 111 Å². The maximum Gasteiger partial charge on any atom is 0.246 e. The molecular formula is C16H25NO. The highest BCUT2D eigenvalue weighted by Crippen LogP contribution is 2.44. The lowest BCUT2D eigenvalue weighted by atomic mass is 9.68. The van der Waals surface area contributed by atoms with Gasteiger partial charge in [0.05, 0.1) is 0 Å². The molecule has 2 heteroatoms. The molecule has 0 atom stereocenters. The van der Waals surface area contributed by atoms with Crippen LogP contribution in [0, 0.1) is 5.41 Å². The zero-order chi connectivity index (χ0) is 12.8. The first-order chi connectivity index (χ1) is 8.76. The van der Waals surface area contributed by atoms with Gasteiger partial charge in [-0.1, -0.05) is 37.5 Å². The molecule has 2 aliphatic rings. The molecule has 18 heavy (non-hydrogen) atoms. The van der Waals surface area contributed by atoms with E-state index in [1.807, 2.05) is 30.1 Å². The predicted molar refractivity (Wildman–Crippen MR) is 75.3 cm³/mol. The molecule has 1 saturated heterocycles. The summed E-state index contributed by atoms with van der Waals surface area (Å²) in [5.74, 6) is 0.179. The number of amides is 1. The van der Waals surface area contributed by atoms with Crippen LogP contribution in [0.4, 0.5) is 0 Å². The minimum absolute atomic E-state index is 0.179. The van der Waals surface area contributed by atoms with E-state index >= 15 is 0 Å². The van der Waals surface area contributed by atoms with Gasteiger partial charge in [-0.3, -0.25) is 4.79 Å². The normalized spacial score (nSPS) is 24.2. The van der Waals surface area contributed by atoms with Crippen LogP contribution in [0.25, 0.3) is 0 Å². The van der Waals surface area contributed by atoms with Gasteiger partial charge in [0.15, 0.2) is 0 Å². The van der Waals surface area contributed by atoms with Crippen molar-refractivity contribution in [2.24, 2.45) is 5.41 Å². The lowest BCUT2D eigenvalue weighted by Gasteiger charge is -2.44. The van der Waals surface area contributed by atoms with Crippen LogP contribution in [-0.2, 0) is 4.79 Å². The highest BCUT2D eigenvalue weighted by Gasteiger charge is 2.36. The zero-order valence-corrected chi connectivity index (χ0v) is 11.5. The maximum atomic E-state index is 11.9. The highest BCUT2D eigenvalue weighted by atomic mass is 16.2. The van der Waals surface area contributed by atoms with Crippen LogP contribution >= 0.6 is 0 Å². The molecule has 0 aromatic heterocycles. The second-order valence-electron chi connectivity index (χ2n) is 5.77. The molecule has 0 aromatic rings. The van der Waals surface area contributed by atoms with Crippen molar-refractivity contribution in [3.05, 3.63) is 24.3 Å². The van der Waals surface area contributed by atoms with Crippen LogP contribution in [-0.4, -0.2) is 23.9 Å². The van der Waals surface area contributed by atoms with E-state index in [-0.39, 0.29) is 5.91 Å². The summed E-state index contributed by atoms with van der Waals surface area (Å²) in [5.41, 5.74) is 0.585. The minimum atomic E-state index is 0.179. The molecule has 100 valence electrons. The largest absolute Gasteiger partial charge is 0.339 e. The smallest absolute Gasteiger partial charge is 0.246 e.